The van der Waals surface area contributed by atoms with Gasteiger partial charge in [0.2, 0.25) is 0 Å². The van der Waals surface area contributed by atoms with Gasteiger partial charge in [0, 0.05) is 6.54 Å². The molecule has 1 amide bonds. The quantitative estimate of drug-likeness (QED) is 0.884. The Morgan fingerprint density at radius 1 is 1.39 bits per heavy atom. The lowest BCUT2D eigenvalue weighted by molar-refractivity contribution is -0.127. The van der Waals surface area contributed by atoms with Crippen molar-refractivity contribution in [3.05, 3.63) is 41.5 Å². The first kappa shape index (κ1) is 15.5. The summed E-state index contributed by atoms with van der Waals surface area (Å²) >= 11 is 0. The number of carbonyl (C=O) groups excluding carboxylic acids is 1. The second-order valence-corrected chi connectivity index (χ2v) is 5.80. The van der Waals surface area contributed by atoms with E-state index < -0.39 is 6.10 Å². The van der Waals surface area contributed by atoms with Crippen LogP contribution in [-0.4, -0.2) is 26.8 Å². The molecule has 1 unspecified atom stereocenters. The summed E-state index contributed by atoms with van der Waals surface area (Å²) in [5.74, 6) is 1.34. The zero-order chi connectivity index (χ0) is 16.2. The third-order valence-corrected chi connectivity index (χ3v) is 4.21. The second kappa shape index (κ2) is 6.81. The largest absolute Gasteiger partial charge is 0.481 e. The minimum Gasteiger partial charge on any atom is -0.481 e. The molecule has 122 valence electrons. The summed E-state index contributed by atoms with van der Waals surface area (Å²) in [6.45, 7) is 4.89. The van der Waals surface area contributed by atoms with Gasteiger partial charge in [0.1, 0.15) is 12.1 Å². The summed E-state index contributed by atoms with van der Waals surface area (Å²) in [7, 11) is 0. The first-order chi connectivity index (χ1) is 11.2. The predicted octanol–water partition coefficient (Wildman–Crippen LogP) is 1.87. The number of hydrogen-bond donors (Lipinski definition) is 1. The minimum absolute atomic E-state index is 0.156. The molecule has 0 radical (unpaired) electrons. The van der Waals surface area contributed by atoms with Crippen LogP contribution in [0.2, 0.25) is 0 Å². The molecule has 1 N–H and O–H groups in total. The van der Waals surface area contributed by atoms with E-state index in [2.05, 4.69) is 27.6 Å². The van der Waals surface area contributed by atoms with Crippen molar-refractivity contribution in [3.8, 4) is 5.75 Å². The number of carbonyl (C=O) groups is 1. The van der Waals surface area contributed by atoms with E-state index in [9.17, 15) is 4.79 Å². The first-order valence-electron chi connectivity index (χ1n) is 8.10. The Kier molecular flexibility index (Phi) is 4.60. The van der Waals surface area contributed by atoms with E-state index in [0.29, 0.717) is 6.54 Å². The molecule has 1 atom stereocenters. The van der Waals surface area contributed by atoms with E-state index in [1.807, 2.05) is 17.6 Å². The van der Waals surface area contributed by atoms with Crippen LogP contribution in [0.25, 0.3) is 0 Å². The van der Waals surface area contributed by atoms with Gasteiger partial charge in [0.05, 0.1) is 6.54 Å². The average Bonchev–Trinajstić information content (AvgIpc) is 3.20. The standard InChI is InChI=1S/C17H22N4O2/c1-3-21-11-19-20-16(21)10-18-17(22)12(2)23-15-8-7-13-5-4-6-14(13)9-15/h7-9,11-12H,3-6,10H2,1-2H3,(H,18,22). The zero-order valence-corrected chi connectivity index (χ0v) is 13.6. The summed E-state index contributed by atoms with van der Waals surface area (Å²) in [6, 6.07) is 6.10. The molecule has 2 aromatic rings. The number of aromatic nitrogens is 3. The molecule has 1 heterocycles. The van der Waals surface area contributed by atoms with Crippen molar-refractivity contribution in [2.75, 3.05) is 0 Å². The minimum atomic E-state index is -0.549. The van der Waals surface area contributed by atoms with Gasteiger partial charge in [0.15, 0.2) is 11.9 Å². The molecule has 1 aliphatic rings. The molecular formula is C17H22N4O2. The van der Waals surface area contributed by atoms with Crippen molar-refractivity contribution in [3.63, 3.8) is 0 Å². The number of nitrogens with one attached hydrogen (secondary N) is 1. The molecule has 6 heteroatoms. The summed E-state index contributed by atoms with van der Waals surface area (Å²) in [5.41, 5.74) is 2.74. The molecule has 6 nitrogen and oxygen atoms in total. The highest BCUT2D eigenvalue weighted by molar-refractivity contribution is 5.80. The molecule has 0 spiro atoms. The summed E-state index contributed by atoms with van der Waals surface area (Å²) in [5, 5.41) is 10.7. The highest BCUT2D eigenvalue weighted by Gasteiger charge is 2.17. The van der Waals surface area contributed by atoms with Gasteiger partial charge in [-0.3, -0.25) is 4.79 Å². The molecule has 3 rings (SSSR count). The van der Waals surface area contributed by atoms with E-state index in [0.717, 1.165) is 31.0 Å². The van der Waals surface area contributed by atoms with Gasteiger partial charge in [-0.2, -0.15) is 0 Å². The number of nitrogens with zero attached hydrogens (tertiary/aromatic N) is 3. The van der Waals surface area contributed by atoms with Crippen molar-refractivity contribution in [2.24, 2.45) is 0 Å². The Morgan fingerprint density at radius 2 is 2.22 bits per heavy atom. The van der Waals surface area contributed by atoms with Gasteiger partial charge in [0.25, 0.3) is 5.91 Å². The van der Waals surface area contributed by atoms with Gasteiger partial charge >= 0.3 is 0 Å². The molecule has 0 aliphatic heterocycles. The van der Waals surface area contributed by atoms with Crippen LogP contribution < -0.4 is 10.1 Å². The number of benzene rings is 1. The summed E-state index contributed by atoms with van der Waals surface area (Å²) < 4.78 is 7.67. The third-order valence-electron chi connectivity index (χ3n) is 4.21. The van der Waals surface area contributed by atoms with Crippen molar-refractivity contribution in [1.29, 1.82) is 0 Å². The number of aryl methyl sites for hydroxylation is 3. The molecule has 0 bridgehead atoms. The predicted molar refractivity (Wildman–Crippen MR) is 86.1 cm³/mol. The normalized spacial score (nSPS) is 14.3. The van der Waals surface area contributed by atoms with Crippen LogP contribution in [0, 0.1) is 0 Å². The third kappa shape index (κ3) is 3.52. The number of fused-ring (bicyclic) bond motifs is 1. The molecular weight excluding hydrogens is 292 g/mol. The van der Waals surface area contributed by atoms with Crippen LogP contribution >= 0.6 is 0 Å². The van der Waals surface area contributed by atoms with Gasteiger partial charge in [-0.15, -0.1) is 10.2 Å². The van der Waals surface area contributed by atoms with Crippen molar-refractivity contribution < 1.29 is 9.53 Å². The number of amides is 1. The molecule has 0 saturated heterocycles. The number of hydrogen-bond acceptors (Lipinski definition) is 4. The van der Waals surface area contributed by atoms with E-state index >= 15 is 0 Å². The highest BCUT2D eigenvalue weighted by Crippen LogP contribution is 2.26. The van der Waals surface area contributed by atoms with E-state index in [1.54, 1.807) is 13.3 Å². The maximum absolute atomic E-state index is 12.2. The van der Waals surface area contributed by atoms with E-state index in [4.69, 9.17) is 4.74 Å². The Morgan fingerprint density at radius 3 is 3.04 bits per heavy atom. The smallest absolute Gasteiger partial charge is 0.261 e. The monoisotopic (exact) mass is 314 g/mol. The maximum Gasteiger partial charge on any atom is 0.261 e. The van der Waals surface area contributed by atoms with Gasteiger partial charge < -0.3 is 14.6 Å². The van der Waals surface area contributed by atoms with Crippen LogP contribution in [0.4, 0.5) is 0 Å². The maximum atomic E-state index is 12.2. The molecule has 0 saturated carbocycles. The lowest BCUT2D eigenvalue weighted by Crippen LogP contribution is -2.36. The zero-order valence-electron chi connectivity index (χ0n) is 13.6. The SMILES string of the molecule is CCn1cnnc1CNC(=O)C(C)Oc1ccc2c(c1)CCC2. The first-order valence-corrected chi connectivity index (χ1v) is 8.10. The van der Waals surface area contributed by atoms with Gasteiger partial charge in [-0.1, -0.05) is 6.07 Å². The average molecular weight is 314 g/mol. The second-order valence-electron chi connectivity index (χ2n) is 5.80. The van der Waals surface area contributed by atoms with Crippen molar-refractivity contribution in [1.82, 2.24) is 20.1 Å². The fourth-order valence-corrected chi connectivity index (χ4v) is 2.87. The highest BCUT2D eigenvalue weighted by atomic mass is 16.5. The van der Waals surface area contributed by atoms with E-state index in [1.165, 1.54) is 17.5 Å². The topological polar surface area (TPSA) is 69.0 Å². The fraction of sp³-hybridized carbons (Fsp3) is 0.471. The van der Waals surface area contributed by atoms with Crippen LogP contribution in [-0.2, 0) is 30.7 Å². The number of ether oxygens (including phenoxy) is 1. The molecule has 0 fully saturated rings. The molecule has 23 heavy (non-hydrogen) atoms. The van der Waals surface area contributed by atoms with E-state index in [-0.39, 0.29) is 5.91 Å². The van der Waals surface area contributed by atoms with Crippen LogP contribution in [0.15, 0.2) is 24.5 Å². The molecule has 1 aromatic carbocycles. The van der Waals surface area contributed by atoms with Gasteiger partial charge in [-0.05, 0) is 56.4 Å². The van der Waals surface area contributed by atoms with Crippen LogP contribution in [0.3, 0.4) is 0 Å². The lowest BCUT2D eigenvalue weighted by Gasteiger charge is -2.15. The van der Waals surface area contributed by atoms with Crippen molar-refractivity contribution in [2.45, 2.75) is 52.3 Å². The van der Waals surface area contributed by atoms with Crippen molar-refractivity contribution >= 4 is 5.91 Å². The van der Waals surface area contributed by atoms with Gasteiger partial charge in [-0.25, -0.2) is 0 Å². The lowest BCUT2D eigenvalue weighted by atomic mass is 10.1. The fourth-order valence-electron chi connectivity index (χ4n) is 2.87. The Labute approximate surface area is 135 Å². The molecule has 1 aliphatic carbocycles. The van der Waals surface area contributed by atoms with Crippen LogP contribution in [0.1, 0.15) is 37.2 Å². The van der Waals surface area contributed by atoms with Crippen LogP contribution in [0.5, 0.6) is 5.75 Å². The Balaban J connectivity index is 1.55. The number of rotatable bonds is 6. The summed E-state index contributed by atoms with van der Waals surface area (Å²) in [6.07, 6.45) is 4.55. The Hall–Kier alpha value is -2.37. The Bertz CT molecular complexity index is 696. The molecule has 1 aromatic heterocycles. The summed E-state index contributed by atoms with van der Waals surface area (Å²) in [4.78, 5) is 12.2.